The topological polar surface area (TPSA) is 20.2 Å². The second-order valence-electron chi connectivity index (χ2n) is 8.74. The van der Waals surface area contributed by atoms with Gasteiger partial charge < -0.3 is 5.11 Å². The molecule has 0 saturated heterocycles. The summed E-state index contributed by atoms with van der Waals surface area (Å²) in [6.07, 6.45) is 14.3. The lowest BCUT2D eigenvalue weighted by Crippen LogP contribution is -2.49. The molecular formula is C19H30O. The van der Waals surface area contributed by atoms with Crippen molar-refractivity contribution in [3.63, 3.8) is 0 Å². The van der Waals surface area contributed by atoms with E-state index in [4.69, 9.17) is 0 Å². The van der Waals surface area contributed by atoms with E-state index in [1.54, 1.807) is 5.57 Å². The minimum absolute atomic E-state index is 0.0637. The molecule has 0 amide bonds. The molecule has 1 nitrogen and oxygen atoms in total. The van der Waals surface area contributed by atoms with Crippen LogP contribution in [0.5, 0.6) is 0 Å². The van der Waals surface area contributed by atoms with Crippen LogP contribution in [0.2, 0.25) is 0 Å². The predicted molar refractivity (Wildman–Crippen MR) is 82.3 cm³/mol. The first-order valence-electron chi connectivity index (χ1n) is 8.90. The van der Waals surface area contributed by atoms with Crippen LogP contribution in [-0.2, 0) is 0 Å². The van der Waals surface area contributed by atoms with Crippen LogP contribution >= 0.6 is 0 Å². The molecule has 0 aliphatic heterocycles. The molecule has 4 aliphatic carbocycles. The molecule has 1 heteroatoms. The highest BCUT2D eigenvalue weighted by Gasteiger charge is 2.55. The molecule has 3 saturated carbocycles. The minimum atomic E-state index is -0.0637. The molecule has 0 bridgehead atoms. The normalized spacial score (nSPS) is 54.6. The molecule has 4 aliphatic rings. The highest BCUT2D eigenvalue weighted by molar-refractivity contribution is 5.25. The van der Waals surface area contributed by atoms with Gasteiger partial charge in [-0.2, -0.15) is 0 Å². The van der Waals surface area contributed by atoms with E-state index < -0.39 is 0 Å². The Hall–Kier alpha value is -0.300. The molecule has 0 aromatic heterocycles. The third-order valence-corrected chi connectivity index (χ3v) is 7.86. The molecule has 1 N–H and O–H groups in total. The number of rotatable bonds is 0. The first-order chi connectivity index (χ1) is 9.53. The van der Waals surface area contributed by atoms with E-state index in [0.29, 0.717) is 10.8 Å². The second-order valence-corrected chi connectivity index (χ2v) is 8.74. The molecule has 0 aromatic carbocycles. The van der Waals surface area contributed by atoms with Crippen molar-refractivity contribution in [2.75, 3.05) is 0 Å². The number of aliphatic hydroxyl groups is 1. The standard InChI is InChI=1S/C19H30O/c1-18-9-3-4-16(18)15-6-5-13-12-14(20)7-11-19(13,2)17(15)8-10-18/h5,14-17,20H,3-4,6-12H2,1-2H3/t14?,15-,16-,17+,18-,19-/m0/s1. The number of hydrogen-bond donors (Lipinski definition) is 1. The Bertz CT molecular complexity index is 439. The first kappa shape index (κ1) is 13.4. The molecule has 0 radical (unpaired) electrons. The van der Waals surface area contributed by atoms with Gasteiger partial charge in [0.05, 0.1) is 6.10 Å². The van der Waals surface area contributed by atoms with Gasteiger partial charge in [-0.1, -0.05) is 31.9 Å². The van der Waals surface area contributed by atoms with Gasteiger partial charge in [-0.25, -0.2) is 0 Å². The van der Waals surface area contributed by atoms with E-state index in [-0.39, 0.29) is 6.10 Å². The Morgan fingerprint density at radius 2 is 1.90 bits per heavy atom. The summed E-state index contributed by atoms with van der Waals surface area (Å²) in [7, 11) is 0. The summed E-state index contributed by atoms with van der Waals surface area (Å²) in [6.45, 7) is 5.10. The summed E-state index contributed by atoms with van der Waals surface area (Å²) in [5.74, 6) is 2.84. The van der Waals surface area contributed by atoms with Gasteiger partial charge in [0.15, 0.2) is 0 Å². The number of hydrogen-bond acceptors (Lipinski definition) is 1. The molecule has 4 rings (SSSR count). The van der Waals surface area contributed by atoms with Crippen LogP contribution in [0.15, 0.2) is 11.6 Å². The second kappa shape index (κ2) is 4.35. The van der Waals surface area contributed by atoms with Crippen molar-refractivity contribution in [2.24, 2.45) is 28.6 Å². The van der Waals surface area contributed by atoms with Crippen LogP contribution in [0.1, 0.15) is 71.6 Å². The van der Waals surface area contributed by atoms with Crippen molar-refractivity contribution >= 4 is 0 Å². The van der Waals surface area contributed by atoms with Crippen LogP contribution in [0.4, 0.5) is 0 Å². The highest BCUT2D eigenvalue weighted by atomic mass is 16.3. The lowest BCUT2D eigenvalue weighted by molar-refractivity contribution is -0.0360. The Morgan fingerprint density at radius 3 is 2.75 bits per heavy atom. The molecule has 112 valence electrons. The zero-order valence-electron chi connectivity index (χ0n) is 13.2. The monoisotopic (exact) mass is 274 g/mol. The Morgan fingerprint density at radius 1 is 1.05 bits per heavy atom. The fourth-order valence-corrected chi connectivity index (χ4v) is 6.63. The highest BCUT2D eigenvalue weighted by Crippen LogP contribution is 2.64. The molecule has 0 spiro atoms. The van der Waals surface area contributed by atoms with Crippen LogP contribution in [0, 0.1) is 28.6 Å². The predicted octanol–water partition coefficient (Wildman–Crippen LogP) is 4.70. The first-order valence-corrected chi connectivity index (χ1v) is 8.90. The van der Waals surface area contributed by atoms with E-state index in [2.05, 4.69) is 19.9 Å². The average Bonchev–Trinajstić information content (AvgIpc) is 2.81. The van der Waals surface area contributed by atoms with Crippen LogP contribution in [0.25, 0.3) is 0 Å². The third-order valence-electron chi connectivity index (χ3n) is 7.86. The fraction of sp³-hybridized carbons (Fsp3) is 0.895. The quantitative estimate of drug-likeness (QED) is 0.635. The van der Waals surface area contributed by atoms with Crippen LogP contribution in [-0.4, -0.2) is 11.2 Å². The van der Waals surface area contributed by atoms with Gasteiger partial charge in [-0.05, 0) is 80.0 Å². The maximum atomic E-state index is 10.0. The van der Waals surface area contributed by atoms with E-state index in [1.807, 2.05) is 0 Å². The van der Waals surface area contributed by atoms with Crippen molar-refractivity contribution in [2.45, 2.75) is 77.7 Å². The zero-order valence-corrected chi connectivity index (χ0v) is 13.2. The van der Waals surface area contributed by atoms with E-state index >= 15 is 0 Å². The van der Waals surface area contributed by atoms with Gasteiger partial charge >= 0.3 is 0 Å². The van der Waals surface area contributed by atoms with Gasteiger partial charge in [0, 0.05) is 0 Å². The van der Waals surface area contributed by atoms with Gasteiger partial charge in [0.1, 0.15) is 0 Å². The minimum Gasteiger partial charge on any atom is -0.393 e. The SMILES string of the molecule is C[C@@]12CCC[C@H]1[C@@H]1CC=C3CC(O)CC[C@]3(C)[C@@H]1CC2. The summed E-state index contributed by atoms with van der Waals surface area (Å²) in [5, 5.41) is 10.0. The van der Waals surface area contributed by atoms with Crippen LogP contribution in [0.3, 0.4) is 0 Å². The van der Waals surface area contributed by atoms with Crippen molar-refractivity contribution in [1.29, 1.82) is 0 Å². The number of allylic oxidation sites excluding steroid dienone is 1. The Balaban J connectivity index is 1.68. The largest absolute Gasteiger partial charge is 0.393 e. The lowest BCUT2D eigenvalue weighted by atomic mass is 9.48. The molecular weight excluding hydrogens is 244 g/mol. The van der Waals surface area contributed by atoms with Gasteiger partial charge in [0.2, 0.25) is 0 Å². The van der Waals surface area contributed by atoms with E-state index in [9.17, 15) is 5.11 Å². The maximum absolute atomic E-state index is 10.0. The lowest BCUT2D eigenvalue weighted by Gasteiger charge is -2.57. The van der Waals surface area contributed by atoms with Crippen molar-refractivity contribution in [3.8, 4) is 0 Å². The molecule has 6 atom stereocenters. The summed E-state index contributed by atoms with van der Waals surface area (Å²) in [5.41, 5.74) is 2.70. The van der Waals surface area contributed by atoms with Crippen LogP contribution < -0.4 is 0 Å². The summed E-state index contributed by atoms with van der Waals surface area (Å²) in [6, 6.07) is 0. The molecule has 20 heavy (non-hydrogen) atoms. The Labute approximate surface area is 123 Å². The van der Waals surface area contributed by atoms with E-state index in [1.165, 1.54) is 44.9 Å². The average molecular weight is 274 g/mol. The Kier molecular flexibility index (Phi) is 2.91. The van der Waals surface area contributed by atoms with Crippen molar-refractivity contribution < 1.29 is 5.11 Å². The summed E-state index contributed by atoms with van der Waals surface area (Å²) < 4.78 is 0. The number of fused-ring (bicyclic) bond motifs is 5. The van der Waals surface area contributed by atoms with Crippen molar-refractivity contribution in [1.82, 2.24) is 0 Å². The third kappa shape index (κ3) is 1.71. The van der Waals surface area contributed by atoms with Gasteiger partial charge in [-0.15, -0.1) is 0 Å². The maximum Gasteiger partial charge on any atom is 0.0577 e. The molecule has 1 unspecified atom stereocenters. The van der Waals surface area contributed by atoms with Crippen molar-refractivity contribution in [3.05, 3.63) is 11.6 Å². The summed E-state index contributed by atoms with van der Waals surface area (Å²) in [4.78, 5) is 0. The fourth-order valence-electron chi connectivity index (χ4n) is 6.63. The van der Waals surface area contributed by atoms with E-state index in [0.717, 1.165) is 30.6 Å². The molecule has 0 aromatic rings. The smallest absolute Gasteiger partial charge is 0.0577 e. The summed E-state index contributed by atoms with van der Waals surface area (Å²) >= 11 is 0. The van der Waals surface area contributed by atoms with Gasteiger partial charge in [0.25, 0.3) is 0 Å². The number of aliphatic hydroxyl groups excluding tert-OH is 1. The molecule has 0 heterocycles. The van der Waals surface area contributed by atoms with Gasteiger partial charge in [-0.3, -0.25) is 0 Å². The molecule has 3 fully saturated rings. The zero-order chi connectivity index (χ0) is 14.0.